The molecule has 0 bridgehead atoms. The maximum atomic E-state index is 5.18. The van der Waals surface area contributed by atoms with Crippen LogP contribution in [0.5, 0.6) is 0 Å². The number of hydrogen-bond donors (Lipinski definition) is 1. The van der Waals surface area contributed by atoms with Crippen LogP contribution in [0, 0.1) is 20.8 Å². The molecule has 2 rings (SSSR count). The quantitative estimate of drug-likeness (QED) is 0.902. The predicted octanol–water partition coefficient (Wildman–Crippen LogP) is 2.66. The minimum Gasteiger partial charge on any atom is -0.373 e. The number of rotatable bonds is 3. The maximum absolute atomic E-state index is 5.18. The van der Waals surface area contributed by atoms with E-state index < -0.39 is 0 Å². The molecule has 0 aromatic carbocycles. The first-order chi connectivity index (χ1) is 8.58. The van der Waals surface area contributed by atoms with Gasteiger partial charge in [0.15, 0.2) is 5.82 Å². The summed E-state index contributed by atoms with van der Waals surface area (Å²) in [7, 11) is 1.87. The van der Waals surface area contributed by atoms with Crippen molar-refractivity contribution in [2.24, 2.45) is 0 Å². The molecule has 2 heterocycles. The van der Waals surface area contributed by atoms with Crippen LogP contribution in [0.25, 0.3) is 11.4 Å². The standard InChI is InChI=1S/C13H18N4O/c1-6-10-7(2)12(14-5)16-13(15-10)11-8(3)17-18-9(11)4/h6H2,1-5H3,(H,14,15,16). The molecule has 0 radical (unpaired) electrons. The van der Waals surface area contributed by atoms with Gasteiger partial charge in [-0.25, -0.2) is 9.97 Å². The number of nitrogens with zero attached hydrogens (tertiary/aromatic N) is 3. The summed E-state index contributed by atoms with van der Waals surface area (Å²) in [6.45, 7) is 7.90. The second-order valence-electron chi connectivity index (χ2n) is 4.27. The zero-order valence-corrected chi connectivity index (χ0v) is 11.5. The molecule has 0 spiro atoms. The molecule has 0 atom stereocenters. The van der Waals surface area contributed by atoms with E-state index in [0.717, 1.165) is 40.5 Å². The fourth-order valence-electron chi connectivity index (χ4n) is 2.06. The zero-order valence-electron chi connectivity index (χ0n) is 11.5. The Balaban J connectivity index is 2.65. The molecule has 96 valence electrons. The first-order valence-electron chi connectivity index (χ1n) is 6.07. The molecule has 0 aliphatic carbocycles. The second-order valence-corrected chi connectivity index (χ2v) is 4.27. The lowest BCUT2D eigenvalue weighted by Crippen LogP contribution is -2.05. The van der Waals surface area contributed by atoms with Gasteiger partial charge in [-0.15, -0.1) is 0 Å². The molecule has 0 fully saturated rings. The largest absolute Gasteiger partial charge is 0.373 e. The van der Waals surface area contributed by atoms with E-state index in [1.165, 1.54) is 0 Å². The van der Waals surface area contributed by atoms with Crippen LogP contribution in [0.3, 0.4) is 0 Å². The molecule has 0 aliphatic rings. The lowest BCUT2D eigenvalue weighted by molar-refractivity contribution is 0.393. The monoisotopic (exact) mass is 246 g/mol. The summed E-state index contributed by atoms with van der Waals surface area (Å²) in [6, 6.07) is 0. The highest BCUT2D eigenvalue weighted by Gasteiger charge is 2.17. The third kappa shape index (κ3) is 1.96. The Morgan fingerprint density at radius 1 is 1.17 bits per heavy atom. The van der Waals surface area contributed by atoms with Gasteiger partial charge in [0.2, 0.25) is 0 Å². The Morgan fingerprint density at radius 3 is 2.39 bits per heavy atom. The van der Waals surface area contributed by atoms with Crippen LogP contribution in [0.2, 0.25) is 0 Å². The Kier molecular flexibility index (Phi) is 3.32. The van der Waals surface area contributed by atoms with E-state index in [1.54, 1.807) is 0 Å². The van der Waals surface area contributed by atoms with E-state index in [2.05, 4.69) is 27.4 Å². The summed E-state index contributed by atoms with van der Waals surface area (Å²) in [4.78, 5) is 9.15. The smallest absolute Gasteiger partial charge is 0.167 e. The van der Waals surface area contributed by atoms with Crippen LogP contribution in [-0.4, -0.2) is 22.2 Å². The van der Waals surface area contributed by atoms with Crippen molar-refractivity contribution >= 4 is 5.82 Å². The van der Waals surface area contributed by atoms with Gasteiger partial charge < -0.3 is 9.84 Å². The topological polar surface area (TPSA) is 63.8 Å². The molecule has 1 N–H and O–H groups in total. The Hall–Kier alpha value is -1.91. The molecule has 0 aliphatic heterocycles. The number of nitrogens with one attached hydrogen (secondary N) is 1. The van der Waals surface area contributed by atoms with Gasteiger partial charge in [-0.3, -0.25) is 0 Å². The van der Waals surface area contributed by atoms with Gasteiger partial charge in [0.05, 0.1) is 11.3 Å². The van der Waals surface area contributed by atoms with Crippen molar-refractivity contribution in [3.8, 4) is 11.4 Å². The van der Waals surface area contributed by atoms with E-state index in [1.807, 2.05) is 27.8 Å². The normalized spacial score (nSPS) is 10.7. The molecule has 0 unspecified atom stereocenters. The Morgan fingerprint density at radius 2 is 1.89 bits per heavy atom. The lowest BCUT2D eigenvalue weighted by Gasteiger charge is -2.10. The van der Waals surface area contributed by atoms with Crippen LogP contribution in [0.4, 0.5) is 5.82 Å². The highest BCUT2D eigenvalue weighted by molar-refractivity contribution is 5.63. The van der Waals surface area contributed by atoms with Gasteiger partial charge in [0, 0.05) is 18.3 Å². The predicted molar refractivity (Wildman–Crippen MR) is 70.7 cm³/mol. The van der Waals surface area contributed by atoms with Gasteiger partial charge in [-0.1, -0.05) is 12.1 Å². The maximum Gasteiger partial charge on any atom is 0.167 e. The van der Waals surface area contributed by atoms with Crippen LogP contribution in [0.1, 0.15) is 29.6 Å². The molecule has 18 heavy (non-hydrogen) atoms. The number of hydrogen-bond acceptors (Lipinski definition) is 5. The molecular formula is C13H18N4O. The third-order valence-corrected chi connectivity index (χ3v) is 3.08. The van der Waals surface area contributed by atoms with Crippen molar-refractivity contribution in [3.63, 3.8) is 0 Å². The van der Waals surface area contributed by atoms with Gasteiger partial charge in [-0.2, -0.15) is 0 Å². The first kappa shape index (κ1) is 12.5. The van der Waals surface area contributed by atoms with Gasteiger partial charge >= 0.3 is 0 Å². The van der Waals surface area contributed by atoms with Crippen LogP contribution in [-0.2, 0) is 6.42 Å². The van der Waals surface area contributed by atoms with E-state index in [9.17, 15) is 0 Å². The van der Waals surface area contributed by atoms with E-state index in [-0.39, 0.29) is 0 Å². The summed E-state index contributed by atoms with van der Waals surface area (Å²) in [5, 5.41) is 7.06. The summed E-state index contributed by atoms with van der Waals surface area (Å²) in [6.07, 6.45) is 0.874. The molecule has 0 saturated heterocycles. The van der Waals surface area contributed by atoms with Crippen LogP contribution in [0.15, 0.2) is 4.52 Å². The molecule has 5 nitrogen and oxygen atoms in total. The lowest BCUT2D eigenvalue weighted by atomic mass is 10.1. The van der Waals surface area contributed by atoms with E-state index in [0.29, 0.717) is 5.82 Å². The summed E-state index contributed by atoms with van der Waals surface area (Å²) in [5.41, 5.74) is 3.85. The number of aryl methyl sites for hydroxylation is 3. The van der Waals surface area contributed by atoms with Gasteiger partial charge in [-0.05, 0) is 27.2 Å². The van der Waals surface area contributed by atoms with Crippen molar-refractivity contribution in [1.82, 2.24) is 15.1 Å². The molecule has 0 amide bonds. The minimum atomic E-state index is 0.679. The highest BCUT2D eigenvalue weighted by atomic mass is 16.5. The fourth-order valence-corrected chi connectivity index (χ4v) is 2.06. The molecule has 0 saturated carbocycles. The highest BCUT2D eigenvalue weighted by Crippen LogP contribution is 2.27. The van der Waals surface area contributed by atoms with Crippen molar-refractivity contribution in [1.29, 1.82) is 0 Å². The summed E-state index contributed by atoms with van der Waals surface area (Å²) < 4.78 is 5.18. The average Bonchev–Trinajstić information content (AvgIpc) is 2.70. The van der Waals surface area contributed by atoms with Crippen LogP contribution < -0.4 is 5.32 Å². The van der Waals surface area contributed by atoms with Crippen molar-refractivity contribution < 1.29 is 4.52 Å². The number of anilines is 1. The molecule has 5 heteroatoms. The third-order valence-electron chi connectivity index (χ3n) is 3.08. The SMILES string of the molecule is CCc1nc(-c2c(C)noc2C)nc(NC)c1C. The van der Waals surface area contributed by atoms with Gasteiger partial charge in [0.25, 0.3) is 0 Å². The van der Waals surface area contributed by atoms with Gasteiger partial charge in [0.1, 0.15) is 11.6 Å². The van der Waals surface area contributed by atoms with Crippen molar-refractivity contribution in [2.75, 3.05) is 12.4 Å². The number of aromatic nitrogens is 3. The summed E-state index contributed by atoms with van der Waals surface area (Å²) in [5.74, 6) is 2.29. The second kappa shape index (κ2) is 4.76. The van der Waals surface area contributed by atoms with E-state index in [4.69, 9.17) is 4.52 Å². The first-order valence-corrected chi connectivity index (χ1v) is 6.07. The molecule has 2 aromatic rings. The van der Waals surface area contributed by atoms with Crippen molar-refractivity contribution in [3.05, 3.63) is 22.7 Å². The van der Waals surface area contributed by atoms with Crippen molar-refractivity contribution in [2.45, 2.75) is 34.1 Å². The molecular weight excluding hydrogens is 228 g/mol. The van der Waals surface area contributed by atoms with E-state index >= 15 is 0 Å². The average molecular weight is 246 g/mol. The minimum absolute atomic E-state index is 0.679. The molecule has 2 aromatic heterocycles. The Labute approximate surface area is 107 Å². The summed E-state index contributed by atoms with van der Waals surface area (Å²) >= 11 is 0. The zero-order chi connectivity index (χ0) is 13.3. The Bertz CT molecular complexity index is 530. The van der Waals surface area contributed by atoms with Crippen LogP contribution >= 0.6 is 0 Å². The fraction of sp³-hybridized carbons (Fsp3) is 0.462.